The van der Waals surface area contributed by atoms with Crippen molar-refractivity contribution in [2.24, 2.45) is 0 Å². The van der Waals surface area contributed by atoms with Gasteiger partial charge in [-0.05, 0) is 49.6 Å². The average Bonchev–Trinajstić information content (AvgIpc) is 2.99. The summed E-state index contributed by atoms with van der Waals surface area (Å²) >= 11 is 0. The fraction of sp³-hybridized carbons (Fsp3) is 0.400. The molecule has 25 heavy (non-hydrogen) atoms. The molecule has 1 fully saturated rings. The highest BCUT2D eigenvalue weighted by Gasteiger charge is 2.29. The van der Waals surface area contributed by atoms with Gasteiger partial charge in [0.25, 0.3) is 0 Å². The van der Waals surface area contributed by atoms with E-state index in [9.17, 15) is 9.59 Å². The largest absolute Gasteiger partial charge is 0.467 e. The number of likely N-dealkylation sites (tertiary alicyclic amines) is 1. The third kappa shape index (κ3) is 4.50. The van der Waals surface area contributed by atoms with Crippen LogP contribution in [-0.2, 0) is 9.59 Å². The molecule has 1 N–H and O–H groups in total. The van der Waals surface area contributed by atoms with Gasteiger partial charge >= 0.3 is 0 Å². The molecule has 132 valence electrons. The van der Waals surface area contributed by atoms with E-state index in [0.717, 1.165) is 42.7 Å². The molecule has 2 amide bonds. The van der Waals surface area contributed by atoms with Crippen molar-refractivity contribution in [1.29, 1.82) is 0 Å². The van der Waals surface area contributed by atoms with Crippen LogP contribution in [0.3, 0.4) is 0 Å². The van der Waals surface area contributed by atoms with E-state index in [0.29, 0.717) is 6.54 Å². The van der Waals surface area contributed by atoms with Crippen LogP contribution in [0.5, 0.6) is 0 Å². The molecule has 0 aliphatic carbocycles. The first-order valence-electron chi connectivity index (χ1n) is 8.83. The monoisotopic (exact) mass is 340 g/mol. The third-order valence-corrected chi connectivity index (χ3v) is 4.56. The Bertz CT molecular complexity index is 724. The van der Waals surface area contributed by atoms with Crippen LogP contribution in [0.15, 0.2) is 47.1 Å². The minimum absolute atomic E-state index is 0.0724. The number of hydrogen-bond donors (Lipinski definition) is 1. The lowest BCUT2D eigenvalue weighted by atomic mass is 10.1. The molecule has 1 unspecified atom stereocenters. The van der Waals surface area contributed by atoms with Gasteiger partial charge in [-0.3, -0.25) is 9.59 Å². The standard InChI is InChI=1S/C20H24N2O3/c1-15-7-5-8-16(13-15)21-19(23)14-20(24)22-11-4-2-3-9-17(22)18-10-6-12-25-18/h5-8,10,12-13,17H,2-4,9,11,14H2,1H3,(H,21,23). The quantitative estimate of drug-likeness (QED) is 0.854. The van der Waals surface area contributed by atoms with E-state index in [2.05, 4.69) is 5.32 Å². The van der Waals surface area contributed by atoms with E-state index in [1.165, 1.54) is 0 Å². The molecule has 5 heteroatoms. The van der Waals surface area contributed by atoms with E-state index >= 15 is 0 Å². The van der Waals surface area contributed by atoms with E-state index in [1.54, 1.807) is 6.26 Å². The number of amides is 2. The molecule has 0 bridgehead atoms. The highest BCUT2D eigenvalue weighted by Crippen LogP contribution is 2.30. The predicted molar refractivity (Wildman–Crippen MR) is 96.1 cm³/mol. The molecule has 1 aliphatic rings. The Labute approximate surface area is 148 Å². The van der Waals surface area contributed by atoms with Gasteiger partial charge in [0.2, 0.25) is 11.8 Å². The van der Waals surface area contributed by atoms with Crippen LogP contribution < -0.4 is 5.32 Å². The van der Waals surface area contributed by atoms with Gasteiger partial charge < -0.3 is 14.6 Å². The number of benzene rings is 1. The number of nitrogens with zero attached hydrogens (tertiary/aromatic N) is 1. The Morgan fingerprint density at radius 1 is 1.20 bits per heavy atom. The Morgan fingerprint density at radius 2 is 2.08 bits per heavy atom. The number of anilines is 1. The van der Waals surface area contributed by atoms with Crippen LogP contribution in [0.2, 0.25) is 0 Å². The first-order chi connectivity index (χ1) is 12.1. The summed E-state index contributed by atoms with van der Waals surface area (Å²) in [6.07, 6.45) is 5.47. The lowest BCUT2D eigenvalue weighted by Gasteiger charge is -2.28. The van der Waals surface area contributed by atoms with Crippen molar-refractivity contribution in [3.05, 3.63) is 54.0 Å². The zero-order valence-corrected chi connectivity index (χ0v) is 14.5. The maximum absolute atomic E-state index is 12.7. The Hall–Kier alpha value is -2.56. The second-order valence-corrected chi connectivity index (χ2v) is 6.56. The van der Waals surface area contributed by atoms with Gasteiger partial charge in [0, 0.05) is 12.2 Å². The molecule has 2 aromatic rings. The van der Waals surface area contributed by atoms with Crippen LogP contribution in [0.4, 0.5) is 5.69 Å². The van der Waals surface area contributed by atoms with Crippen molar-refractivity contribution in [1.82, 2.24) is 4.90 Å². The molecule has 3 rings (SSSR count). The number of furan rings is 1. The topological polar surface area (TPSA) is 62.6 Å². The zero-order chi connectivity index (χ0) is 17.6. The van der Waals surface area contributed by atoms with Crippen LogP contribution >= 0.6 is 0 Å². The van der Waals surface area contributed by atoms with Gasteiger partial charge in [-0.15, -0.1) is 0 Å². The summed E-state index contributed by atoms with van der Waals surface area (Å²) in [5.74, 6) is 0.376. The summed E-state index contributed by atoms with van der Waals surface area (Å²) in [5, 5.41) is 2.81. The minimum atomic E-state index is -0.280. The molecule has 5 nitrogen and oxygen atoms in total. The maximum Gasteiger partial charge on any atom is 0.233 e. The van der Waals surface area contributed by atoms with Crippen molar-refractivity contribution in [2.75, 3.05) is 11.9 Å². The third-order valence-electron chi connectivity index (χ3n) is 4.56. The predicted octanol–water partition coefficient (Wildman–Crippen LogP) is 4.06. The number of aryl methyl sites for hydroxylation is 1. The molecule has 0 spiro atoms. The van der Waals surface area contributed by atoms with E-state index in [1.807, 2.05) is 48.2 Å². The molecule has 0 radical (unpaired) electrons. The summed E-state index contributed by atoms with van der Waals surface area (Å²) < 4.78 is 5.53. The molecule has 2 heterocycles. The van der Waals surface area contributed by atoms with Gasteiger partial charge in [-0.2, -0.15) is 0 Å². The van der Waals surface area contributed by atoms with Gasteiger partial charge in [-0.1, -0.05) is 25.0 Å². The molecular formula is C20H24N2O3. The SMILES string of the molecule is Cc1cccc(NC(=O)CC(=O)N2CCCCCC2c2ccco2)c1. The fourth-order valence-corrected chi connectivity index (χ4v) is 3.35. The second-order valence-electron chi connectivity index (χ2n) is 6.56. The Kier molecular flexibility index (Phi) is 5.53. The van der Waals surface area contributed by atoms with Crippen molar-refractivity contribution < 1.29 is 14.0 Å². The number of carbonyl (C=O) groups is 2. The molecule has 1 atom stereocenters. The van der Waals surface area contributed by atoms with E-state index < -0.39 is 0 Å². The molecule has 1 saturated heterocycles. The Morgan fingerprint density at radius 3 is 2.84 bits per heavy atom. The van der Waals surface area contributed by atoms with Crippen molar-refractivity contribution in [2.45, 2.75) is 45.1 Å². The lowest BCUT2D eigenvalue weighted by molar-refractivity contribution is -0.137. The summed E-state index contributed by atoms with van der Waals surface area (Å²) in [4.78, 5) is 26.8. The number of nitrogens with one attached hydrogen (secondary N) is 1. The number of rotatable bonds is 4. The zero-order valence-electron chi connectivity index (χ0n) is 14.5. The lowest BCUT2D eigenvalue weighted by Crippen LogP contribution is -2.36. The summed E-state index contributed by atoms with van der Waals surface area (Å²) in [5.41, 5.74) is 1.78. The van der Waals surface area contributed by atoms with E-state index in [4.69, 9.17) is 4.42 Å². The van der Waals surface area contributed by atoms with Crippen molar-refractivity contribution in [3.8, 4) is 0 Å². The van der Waals surface area contributed by atoms with Crippen LogP contribution in [0.1, 0.15) is 49.5 Å². The summed E-state index contributed by atoms with van der Waals surface area (Å²) in [6, 6.07) is 11.2. The highest BCUT2D eigenvalue weighted by atomic mass is 16.3. The molecule has 0 saturated carbocycles. The first kappa shape index (κ1) is 17.3. The number of hydrogen-bond acceptors (Lipinski definition) is 3. The first-order valence-corrected chi connectivity index (χ1v) is 8.83. The van der Waals surface area contributed by atoms with Gasteiger partial charge in [-0.25, -0.2) is 0 Å². The normalized spacial score (nSPS) is 17.8. The molecule has 1 aromatic carbocycles. The van der Waals surface area contributed by atoms with Crippen LogP contribution in [0, 0.1) is 6.92 Å². The average molecular weight is 340 g/mol. The highest BCUT2D eigenvalue weighted by molar-refractivity contribution is 6.03. The summed E-state index contributed by atoms with van der Waals surface area (Å²) in [6.45, 7) is 2.63. The smallest absolute Gasteiger partial charge is 0.233 e. The van der Waals surface area contributed by atoms with Crippen LogP contribution in [-0.4, -0.2) is 23.3 Å². The summed E-state index contributed by atoms with van der Waals surface area (Å²) in [7, 11) is 0. The van der Waals surface area contributed by atoms with Gasteiger partial charge in [0.05, 0.1) is 12.3 Å². The molecule has 1 aromatic heterocycles. The van der Waals surface area contributed by atoms with Crippen molar-refractivity contribution >= 4 is 17.5 Å². The maximum atomic E-state index is 12.7. The second kappa shape index (κ2) is 8.01. The number of carbonyl (C=O) groups excluding carboxylic acids is 2. The molecular weight excluding hydrogens is 316 g/mol. The fourth-order valence-electron chi connectivity index (χ4n) is 3.35. The Balaban J connectivity index is 1.66. The molecule has 1 aliphatic heterocycles. The van der Waals surface area contributed by atoms with Gasteiger partial charge in [0.1, 0.15) is 12.2 Å². The van der Waals surface area contributed by atoms with Crippen molar-refractivity contribution in [3.63, 3.8) is 0 Å². The van der Waals surface area contributed by atoms with Gasteiger partial charge in [0.15, 0.2) is 0 Å². The minimum Gasteiger partial charge on any atom is -0.467 e. The van der Waals surface area contributed by atoms with Crippen LogP contribution in [0.25, 0.3) is 0 Å². The van der Waals surface area contributed by atoms with E-state index in [-0.39, 0.29) is 24.3 Å².